The van der Waals surface area contributed by atoms with E-state index in [2.05, 4.69) is 15.9 Å². The minimum Gasteiger partial charge on any atom is -0.506 e. The van der Waals surface area contributed by atoms with E-state index in [-0.39, 0.29) is 5.75 Å². The number of aliphatic hydroxyl groups is 1. The third-order valence-electron chi connectivity index (χ3n) is 3.47. The fourth-order valence-corrected chi connectivity index (χ4v) is 3.15. The van der Waals surface area contributed by atoms with Crippen LogP contribution < -0.4 is 0 Å². The predicted octanol–water partition coefficient (Wildman–Crippen LogP) is 3.65. The number of fused-ring (bicyclic) bond motifs is 1. The fourth-order valence-electron chi connectivity index (χ4n) is 2.49. The average Bonchev–Trinajstić information content (AvgIpc) is 2.46. The second-order valence-corrected chi connectivity index (χ2v) is 6.14. The van der Waals surface area contributed by atoms with Gasteiger partial charge in [-0.2, -0.15) is 0 Å². The van der Waals surface area contributed by atoms with E-state index >= 15 is 0 Å². The first-order valence-corrected chi connectivity index (χ1v) is 6.96. The molecule has 0 saturated carbocycles. The minimum atomic E-state index is -1.01. The van der Waals surface area contributed by atoms with Gasteiger partial charge in [0.1, 0.15) is 5.75 Å². The van der Waals surface area contributed by atoms with Crippen LogP contribution in [0.15, 0.2) is 10.5 Å². The van der Waals surface area contributed by atoms with E-state index in [1.165, 1.54) is 30.4 Å². The number of aryl methyl sites for hydroxylation is 1. The lowest BCUT2D eigenvalue weighted by molar-refractivity contribution is 0.0756. The molecule has 0 aromatic heterocycles. The van der Waals surface area contributed by atoms with Crippen LogP contribution >= 0.6 is 15.9 Å². The van der Waals surface area contributed by atoms with Crippen molar-refractivity contribution in [3.63, 3.8) is 0 Å². The summed E-state index contributed by atoms with van der Waals surface area (Å²) in [7, 11) is 0. The molecule has 94 valence electrons. The van der Waals surface area contributed by atoms with Crippen LogP contribution in [0.4, 0.5) is 0 Å². The van der Waals surface area contributed by atoms with Crippen LogP contribution in [0.2, 0.25) is 0 Å². The average molecular weight is 299 g/mol. The molecule has 0 atom stereocenters. The molecule has 1 aliphatic rings. The zero-order valence-electron chi connectivity index (χ0n) is 10.4. The topological polar surface area (TPSA) is 40.5 Å². The monoisotopic (exact) mass is 298 g/mol. The third kappa shape index (κ3) is 2.50. The first-order chi connectivity index (χ1) is 7.91. The largest absolute Gasteiger partial charge is 0.506 e. The first-order valence-electron chi connectivity index (χ1n) is 6.17. The number of aromatic hydroxyl groups is 1. The van der Waals surface area contributed by atoms with Crippen molar-refractivity contribution in [3.05, 3.63) is 27.2 Å². The highest BCUT2D eigenvalue weighted by molar-refractivity contribution is 9.10. The highest BCUT2D eigenvalue weighted by atomic mass is 79.9. The normalized spacial score (nSPS) is 16.5. The van der Waals surface area contributed by atoms with E-state index in [4.69, 9.17) is 0 Å². The van der Waals surface area contributed by atoms with Crippen molar-refractivity contribution in [3.8, 4) is 5.75 Å². The molecule has 1 aromatic rings. The zero-order valence-corrected chi connectivity index (χ0v) is 12.0. The highest BCUT2D eigenvalue weighted by Gasteiger charge is 2.25. The van der Waals surface area contributed by atoms with E-state index in [1.807, 2.05) is 6.07 Å². The van der Waals surface area contributed by atoms with Gasteiger partial charge < -0.3 is 10.2 Å². The van der Waals surface area contributed by atoms with Crippen LogP contribution in [0, 0.1) is 0 Å². The lowest BCUT2D eigenvalue weighted by atomic mass is 9.91. The van der Waals surface area contributed by atoms with Gasteiger partial charge in [0.2, 0.25) is 0 Å². The van der Waals surface area contributed by atoms with Crippen LogP contribution in [0.3, 0.4) is 0 Å². The van der Waals surface area contributed by atoms with Crippen molar-refractivity contribution in [2.75, 3.05) is 0 Å². The number of halogens is 1. The molecule has 2 nitrogen and oxygen atoms in total. The second-order valence-electron chi connectivity index (χ2n) is 5.34. The summed E-state index contributed by atoms with van der Waals surface area (Å²) in [5, 5.41) is 20.3. The molecule has 2 rings (SSSR count). The smallest absolute Gasteiger partial charge is 0.136 e. The van der Waals surface area contributed by atoms with E-state index in [1.54, 1.807) is 13.8 Å². The van der Waals surface area contributed by atoms with Gasteiger partial charge in [0.25, 0.3) is 0 Å². The van der Waals surface area contributed by atoms with Gasteiger partial charge in [0.05, 0.1) is 10.1 Å². The summed E-state index contributed by atoms with van der Waals surface area (Å²) in [6, 6.07) is 1.97. The first kappa shape index (κ1) is 12.9. The molecule has 0 spiro atoms. The van der Waals surface area contributed by atoms with Gasteiger partial charge in [0, 0.05) is 5.56 Å². The second kappa shape index (κ2) is 4.62. The van der Waals surface area contributed by atoms with Crippen molar-refractivity contribution < 1.29 is 10.2 Å². The SMILES string of the molecule is CC(C)(O)c1cc2c(c(Br)c1O)CCCCC2. The van der Waals surface area contributed by atoms with Crippen molar-refractivity contribution in [1.82, 2.24) is 0 Å². The zero-order chi connectivity index (χ0) is 12.6. The Labute approximate surface area is 111 Å². The molecule has 0 radical (unpaired) electrons. The van der Waals surface area contributed by atoms with Crippen LogP contribution in [0.1, 0.15) is 49.8 Å². The number of phenols is 1. The summed E-state index contributed by atoms with van der Waals surface area (Å²) >= 11 is 3.48. The summed E-state index contributed by atoms with van der Waals surface area (Å²) in [4.78, 5) is 0. The molecule has 0 amide bonds. The van der Waals surface area contributed by atoms with Gasteiger partial charge in [-0.05, 0) is 72.7 Å². The van der Waals surface area contributed by atoms with E-state index in [9.17, 15) is 10.2 Å². The Balaban J connectivity index is 2.59. The predicted molar refractivity (Wildman–Crippen MR) is 72.3 cm³/mol. The molecule has 0 saturated heterocycles. The minimum absolute atomic E-state index is 0.193. The molecule has 0 heterocycles. The van der Waals surface area contributed by atoms with Crippen molar-refractivity contribution >= 4 is 15.9 Å². The van der Waals surface area contributed by atoms with Crippen LogP contribution in [-0.4, -0.2) is 10.2 Å². The number of hydrogen-bond donors (Lipinski definition) is 2. The van der Waals surface area contributed by atoms with E-state index in [0.29, 0.717) is 5.56 Å². The highest BCUT2D eigenvalue weighted by Crippen LogP contribution is 2.41. The van der Waals surface area contributed by atoms with Crippen LogP contribution in [0.25, 0.3) is 0 Å². The maximum atomic E-state index is 10.2. The standard InChI is InChI=1S/C14H19BrO2/c1-14(2,17)11-8-9-6-4-3-5-7-10(9)12(15)13(11)16/h8,16-17H,3-7H2,1-2H3. The number of rotatable bonds is 1. The molecule has 0 aliphatic heterocycles. The molecule has 17 heavy (non-hydrogen) atoms. The summed E-state index contributed by atoms with van der Waals surface area (Å²) in [6.07, 6.45) is 5.65. The molecular formula is C14H19BrO2. The maximum Gasteiger partial charge on any atom is 0.136 e. The van der Waals surface area contributed by atoms with Gasteiger partial charge >= 0.3 is 0 Å². The third-order valence-corrected chi connectivity index (χ3v) is 4.32. The molecule has 1 aromatic carbocycles. The maximum absolute atomic E-state index is 10.2. The Morgan fingerprint density at radius 1 is 1.18 bits per heavy atom. The van der Waals surface area contributed by atoms with Crippen molar-refractivity contribution in [1.29, 1.82) is 0 Å². The summed E-state index contributed by atoms with van der Waals surface area (Å²) < 4.78 is 0.772. The Morgan fingerprint density at radius 3 is 2.47 bits per heavy atom. The summed E-state index contributed by atoms with van der Waals surface area (Å²) in [5.74, 6) is 0.193. The van der Waals surface area contributed by atoms with Gasteiger partial charge in [0.15, 0.2) is 0 Å². The Hall–Kier alpha value is -0.540. The molecule has 1 aliphatic carbocycles. The molecule has 2 N–H and O–H groups in total. The summed E-state index contributed by atoms with van der Waals surface area (Å²) in [5.41, 5.74) is 2.09. The molecule has 3 heteroatoms. The molecular weight excluding hydrogens is 280 g/mol. The van der Waals surface area contributed by atoms with Gasteiger partial charge in [-0.1, -0.05) is 6.42 Å². The van der Waals surface area contributed by atoms with E-state index in [0.717, 1.165) is 17.3 Å². The van der Waals surface area contributed by atoms with Gasteiger partial charge in [-0.3, -0.25) is 0 Å². The van der Waals surface area contributed by atoms with Crippen LogP contribution in [-0.2, 0) is 18.4 Å². The molecule has 0 unspecified atom stereocenters. The summed E-state index contributed by atoms with van der Waals surface area (Å²) in [6.45, 7) is 3.41. The fraction of sp³-hybridized carbons (Fsp3) is 0.571. The van der Waals surface area contributed by atoms with Crippen molar-refractivity contribution in [2.24, 2.45) is 0 Å². The lowest BCUT2D eigenvalue weighted by Crippen LogP contribution is -2.17. The Morgan fingerprint density at radius 2 is 1.82 bits per heavy atom. The van der Waals surface area contributed by atoms with Crippen molar-refractivity contribution in [2.45, 2.75) is 51.6 Å². The molecule has 0 fully saturated rings. The Bertz CT molecular complexity index is 433. The lowest BCUT2D eigenvalue weighted by Gasteiger charge is -2.23. The van der Waals surface area contributed by atoms with E-state index < -0.39 is 5.60 Å². The Kier molecular flexibility index (Phi) is 3.50. The quantitative estimate of drug-likeness (QED) is 0.777. The van der Waals surface area contributed by atoms with Gasteiger partial charge in [-0.25, -0.2) is 0 Å². The number of hydrogen-bond acceptors (Lipinski definition) is 2. The number of benzene rings is 1. The molecule has 0 bridgehead atoms. The van der Waals surface area contributed by atoms with Crippen LogP contribution in [0.5, 0.6) is 5.75 Å². The van der Waals surface area contributed by atoms with Gasteiger partial charge in [-0.15, -0.1) is 0 Å². The number of phenolic OH excluding ortho intramolecular Hbond substituents is 1.